The molecule has 0 bridgehead atoms. The molecule has 0 aromatic rings. The average molecular weight is 687 g/mol. The van der Waals surface area contributed by atoms with Crippen molar-refractivity contribution in [3.8, 4) is 0 Å². The fourth-order valence-corrected chi connectivity index (χ4v) is 10.7. The molecule has 282 valence electrons. The number of carbonyl (C=O) groups is 2. The maximum atomic E-state index is 12.9. The van der Waals surface area contributed by atoms with Crippen LogP contribution in [0.15, 0.2) is 11.6 Å². The first-order valence-corrected chi connectivity index (χ1v) is 20.3. The lowest BCUT2D eigenvalue weighted by Crippen LogP contribution is -2.51. The van der Waals surface area contributed by atoms with E-state index in [2.05, 4.69) is 62.0 Å². The molecule has 0 aromatic carbocycles. The first-order chi connectivity index (χ1) is 23.5. The molecule has 0 spiro atoms. The Morgan fingerprint density at radius 2 is 1.61 bits per heavy atom. The standard InChI is InChI=1S/C40H74N6O3/c1-28(2)9-6-10-29(3)33-13-14-34-32-12-11-30-27-31(15-18-39(30,4)35(32)16-19-40(33,34)5)49-38(48)46-26-25-45-37(47)36(44-23-8-21-42)17-24-43-22-7-20-41/h11,28-29,31-36,43-44H,6-10,12-27,41-42H2,1-5H3,(H,45,47)(H,46,48). The summed E-state index contributed by atoms with van der Waals surface area (Å²) in [5.41, 5.74) is 13.5. The van der Waals surface area contributed by atoms with Gasteiger partial charge in [0.2, 0.25) is 5.91 Å². The minimum atomic E-state index is -0.383. The van der Waals surface area contributed by atoms with Crippen LogP contribution in [0.1, 0.15) is 125 Å². The lowest BCUT2D eigenvalue weighted by atomic mass is 9.47. The van der Waals surface area contributed by atoms with E-state index in [1.807, 2.05) is 0 Å². The van der Waals surface area contributed by atoms with E-state index in [1.165, 1.54) is 56.9 Å². The maximum Gasteiger partial charge on any atom is 0.407 e. The molecule has 9 heteroatoms. The summed E-state index contributed by atoms with van der Waals surface area (Å²) in [6, 6.07) is -0.306. The van der Waals surface area contributed by atoms with Crippen LogP contribution in [0.2, 0.25) is 0 Å². The topological polar surface area (TPSA) is 144 Å². The zero-order valence-corrected chi connectivity index (χ0v) is 31.9. The molecule has 49 heavy (non-hydrogen) atoms. The molecule has 9 atom stereocenters. The summed E-state index contributed by atoms with van der Waals surface area (Å²) >= 11 is 0. The van der Waals surface area contributed by atoms with Gasteiger partial charge in [-0.1, -0.05) is 65.5 Å². The van der Waals surface area contributed by atoms with Crippen LogP contribution in [-0.4, -0.2) is 70.0 Å². The van der Waals surface area contributed by atoms with Crippen LogP contribution in [0.4, 0.5) is 4.79 Å². The summed E-state index contributed by atoms with van der Waals surface area (Å²) in [5.74, 6) is 4.89. The molecule has 9 nitrogen and oxygen atoms in total. The molecule has 2 amide bonds. The van der Waals surface area contributed by atoms with Crippen molar-refractivity contribution in [2.45, 2.75) is 137 Å². The Labute approximate surface area is 299 Å². The molecule has 0 saturated heterocycles. The molecule has 4 aliphatic rings. The third-order valence-corrected chi connectivity index (χ3v) is 13.5. The Morgan fingerprint density at radius 1 is 0.857 bits per heavy atom. The second-order valence-electron chi connectivity index (χ2n) is 17.1. The average Bonchev–Trinajstić information content (AvgIpc) is 3.43. The molecule has 0 aromatic heterocycles. The smallest absolute Gasteiger partial charge is 0.407 e. The molecule has 0 aliphatic heterocycles. The molecule has 4 aliphatic carbocycles. The summed E-state index contributed by atoms with van der Waals surface area (Å²) in [7, 11) is 0. The Morgan fingerprint density at radius 3 is 2.37 bits per heavy atom. The molecule has 9 unspecified atom stereocenters. The van der Waals surface area contributed by atoms with Crippen molar-refractivity contribution in [3.63, 3.8) is 0 Å². The van der Waals surface area contributed by atoms with Crippen LogP contribution in [-0.2, 0) is 9.53 Å². The molecule has 3 saturated carbocycles. The van der Waals surface area contributed by atoms with Gasteiger partial charge >= 0.3 is 6.09 Å². The largest absolute Gasteiger partial charge is 0.446 e. The predicted molar refractivity (Wildman–Crippen MR) is 201 cm³/mol. The first kappa shape index (κ1) is 40.1. The van der Waals surface area contributed by atoms with E-state index < -0.39 is 0 Å². The number of carbonyl (C=O) groups excluding carboxylic acids is 2. The highest BCUT2D eigenvalue weighted by molar-refractivity contribution is 5.81. The van der Waals surface area contributed by atoms with Crippen molar-refractivity contribution >= 4 is 12.0 Å². The number of hydrogen-bond acceptors (Lipinski definition) is 7. The number of fused-ring (bicyclic) bond motifs is 5. The summed E-state index contributed by atoms with van der Waals surface area (Å²) < 4.78 is 5.95. The monoisotopic (exact) mass is 687 g/mol. The van der Waals surface area contributed by atoms with Gasteiger partial charge in [0.1, 0.15) is 6.10 Å². The number of alkyl carbamates (subject to hydrolysis) is 1. The van der Waals surface area contributed by atoms with Crippen molar-refractivity contribution < 1.29 is 14.3 Å². The van der Waals surface area contributed by atoms with Crippen LogP contribution < -0.4 is 32.7 Å². The third kappa shape index (κ3) is 10.4. The number of rotatable bonds is 20. The number of allylic oxidation sites excluding steroid dienone is 1. The van der Waals surface area contributed by atoms with Crippen LogP contribution in [0.5, 0.6) is 0 Å². The first-order valence-electron chi connectivity index (χ1n) is 20.3. The fraction of sp³-hybridized carbons (Fsp3) is 0.900. The normalized spacial score (nSPS) is 32.0. The number of ether oxygens (including phenoxy) is 1. The highest BCUT2D eigenvalue weighted by atomic mass is 16.6. The van der Waals surface area contributed by atoms with Crippen LogP contribution in [0.25, 0.3) is 0 Å². The predicted octanol–water partition coefficient (Wildman–Crippen LogP) is 5.87. The summed E-state index contributed by atoms with van der Waals surface area (Å²) in [6.45, 7) is 16.7. The minimum absolute atomic E-state index is 0.0609. The fourth-order valence-electron chi connectivity index (χ4n) is 10.7. The van der Waals surface area contributed by atoms with Gasteiger partial charge in [-0.15, -0.1) is 0 Å². The summed E-state index contributed by atoms with van der Waals surface area (Å²) in [6.07, 6.45) is 18.3. The number of nitrogens with two attached hydrogens (primary N) is 2. The van der Waals surface area contributed by atoms with Gasteiger partial charge < -0.3 is 37.5 Å². The molecule has 4 rings (SSSR count). The maximum absolute atomic E-state index is 12.9. The Bertz CT molecular complexity index is 1070. The van der Waals surface area contributed by atoms with E-state index in [0.717, 1.165) is 80.7 Å². The number of hydrogen-bond donors (Lipinski definition) is 6. The number of amides is 2. The Kier molecular flexibility index (Phi) is 15.7. The van der Waals surface area contributed by atoms with Gasteiger partial charge in [0.05, 0.1) is 6.04 Å². The molecular weight excluding hydrogens is 612 g/mol. The highest BCUT2D eigenvalue weighted by Crippen LogP contribution is 2.67. The van der Waals surface area contributed by atoms with Crippen LogP contribution in [0.3, 0.4) is 0 Å². The van der Waals surface area contributed by atoms with Crippen molar-refractivity contribution in [2.75, 3.05) is 45.8 Å². The van der Waals surface area contributed by atoms with Gasteiger partial charge in [-0.3, -0.25) is 4.79 Å². The SMILES string of the molecule is CC(C)CCCC(C)C1CCC2C3CC=C4CC(OC(=O)NCCNC(=O)C(CCNCCCN)NCCCN)CCC4(C)C3CCC12C. The minimum Gasteiger partial charge on any atom is -0.446 e. The third-order valence-electron chi connectivity index (χ3n) is 13.5. The summed E-state index contributed by atoms with van der Waals surface area (Å²) in [5, 5.41) is 12.5. The van der Waals surface area contributed by atoms with Gasteiger partial charge in [-0.2, -0.15) is 0 Å². The van der Waals surface area contributed by atoms with E-state index in [9.17, 15) is 9.59 Å². The van der Waals surface area contributed by atoms with Gasteiger partial charge in [0.15, 0.2) is 0 Å². The Balaban J connectivity index is 1.21. The van der Waals surface area contributed by atoms with Crippen molar-refractivity contribution in [1.29, 1.82) is 0 Å². The van der Waals surface area contributed by atoms with Crippen molar-refractivity contribution in [3.05, 3.63) is 11.6 Å². The van der Waals surface area contributed by atoms with E-state index in [0.29, 0.717) is 44.6 Å². The van der Waals surface area contributed by atoms with Gasteiger partial charge in [0, 0.05) is 19.5 Å². The lowest BCUT2D eigenvalue weighted by molar-refractivity contribution is -0.123. The Hall–Kier alpha value is -1.68. The zero-order chi connectivity index (χ0) is 35.4. The van der Waals surface area contributed by atoms with Crippen LogP contribution in [0, 0.1) is 46.3 Å². The van der Waals surface area contributed by atoms with E-state index >= 15 is 0 Å². The lowest BCUT2D eigenvalue weighted by Gasteiger charge is -2.58. The molecule has 0 heterocycles. The van der Waals surface area contributed by atoms with E-state index in [-0.39, 0.29) is 29.6 Å². The quantitative estimate of drug-likeness (QED) is 0.0694. The van der Waals surface area contributed by atoms with E-state index in [4.69, 9.17) is 16.2 Å². The summed E-state index contributed by atoms with van der Waals surface area (Å²) in [4.78, 5) is 25.7. The van der Waals surface area contributed by atoms with E-state index in [1.54, 1.807) is 0 Å². The molecule has 8 N–H and O–H groups in total. The zero-order valence-electron chi connectivity index (χ0n) is 31.9. The van der Waals surface area contributed by atoms with Crippen LogP contribution >= 0.6 is 0 Å². The second-order valence-corrected chi connectivity index (χ2v) is 17.1. The van der Waals surface area contributed by atoms with Crippen molar-refractivity contribution in [1.82, 2.24) is 21.3 Å². The number of nitrogens with one attached hydrogen (secondary N) is 4. The van der Waals surface area contributed by atoms with Gasteiger partial charge in [-0.25, -0.2) is 4.79 Å². The van der Waals surface area contributed by atoms with Crippen molar-refractivity contribution in [2.24, 2.45) is 57.8 Å². The second kappa shape index (κ2) is 19.2. The molecule has 0 radical (unpaired) electrons. The molecule has 3 fully saturated rings. The van der Waals surface area contributed by atoms with Gasteiger partial charge in [-0.05, 0) is 143 Å². The highest BCUT2D eigenvalue weighted by Gasteiger charge is 2.59. The van der Waals surface area contributed by atoms with Gasteiger partial charge in [0.25, 0.3) is 0 Å². The molecular formula is C40H74N6O3.